The predicted octanol–water partition coefficient (Wildman–Crippen LogP) is 6.58. The summed E-state index contributed by atoms with van der Waals surface area (Å²) in [5, 5.41) is 3.69. The smallest absolute Gasteiger partial charge is 0.0435 e. The Kier molecular flexibility index (Phi) is 3.41. The average Bonchev–Trinajstić information content (AvgIpc) is 2.85. The number of azide groups is 1. The second-order valence-corrected chi connectivity index (χ2v) is 6.96. The van der Waals surface area contributed by atoms with Gasteiger partial charge in [-0.2, -0.15) is 0 Å². The standard InChI is InChI=1S/C22H19N3/c1-14-4-10-18-19-11-5-15(2)13-21(19)22(3,20(18)12-14)16-6-8-17(9-7-16)24-25-23/h4-13H,1-3H3. The minimum atomic E-state index is -0.211. The molecule has 0 fully saturated rings. The fourth-order valence-electron chi connectivity index (χ4n) is 3.98. The molecule has 0 heterocycles. The maximum absolute atomic E-state index is 8.63. The molecule has 0 radical (unpaired) electrons. The number of rotatable bonds is 2. The summed E-state index contributed by atoms with van der Waals surface area (Å²) in [6.45, 7) is 6.57. The van der Waals surface area contributed by atoms with Crippen LogP contribution in [-0.2, 0) is 5.41 Å². The van der Waals surface area contributed by atoms with Gasteiger partial charge in [0.25, 0.3) is 0 Å². The second kappa shape index (κ2) is 5.51. The van der Waals surface area contributed by atoms with Crippen LogP contribution in [0.5, 0.6) is 0 Å². The average molecular weight is 325 g/mol. The molecule has 0 aliphatic heterocycles. The van der Waals surface area contributed by atoms with Gasteiger partial charge in [0.1, 0.15) is 0 Å². The number of hydrogen-bond acceptors (Lipinski definition) is 1. The molecule has 0 saturated carbocycles. The van der Waals surface area contributed by atoms with E-state index in [0.29, 0.717) is 5.69 Å². The number of nitrogens with zero attached hydrogens (tertiary/aromatic N) is 3. The Morgan fingerprint density at radius 3 is 1.80 bits per heavy atom. The molecule has 25 heavy (non-hydrogen) atoms. The first-order chi connectivity index (χ1) is 12.0. The Labute approximate surface area is 147 Å². The van der Waals surface area contributed by atoms with Gasteiger partial charge in [0.2, 0.25) is 0 Å². The molecule has 122 valence electrons. The molecule has 1 aliphatic rings. The summed E-state index contributed by atoms with van der Waals surface area (Å²) in [5.41, 5.74) is 18.1. The Morgan fingerprint density at radius 1 is 0.800 bits per heavy atom. The van der Waals surface area contributed by atoms with E-state index in [-0.39, 0.29) is 5.41 Å². The Hall–Kier alpha value is -3.03. The minimum absolute atomic E-state index is 0.211. The number of fused-ring (bicyclic) bond motifs is 3. The van der Waals surface area contributed by atoms with Gasteiger partial charge in [-0.15, -0.1) is 0 Å². The first-order valence-corrected chi connectivity index (χ1v) is 8.42. The lowest BCUT2D eigenvalue weighted by Gasteiger charge is -2.29. The summed E-state index contributed by atoms with van der Waals surface area (Å²) in [4.78, 5) is 2.87. The molecule has 0 N–H and O–H groups in total. The van der Waals surface area contributed by atoms with Crippen molar-refractivity contribution in [2.24, 2.45) is 5.11 Å². The third-order valence-corrected chi connectivity index (χ3v) is 5.32. The van der Waals surface area contributed by atoms with Crippen molar-refractivity contribution in [3.05, 3.63) is 98.9 Å². The summed E-state index contributed by atoms with van der Waals surface area (Å²) in [6.07, 6.45) is 0. The second-order valence-electron chi connectivity index (χ2n) is 6.96. The van der Waals surface area contributed by atoms with Gasteiger partial charge < -0.3 is 0 Å². The molecule has 0 amide bonds. The van der Waals surface area contributed by atoms with E-state index < -0.39 is 0 Å². The zero-order valence-corrected chi connectivity index (χ0v) is 14.6. The highest BCUT2D eigenvalue weighted by Gasteiger charge is 2.40. The molecule has 4 rings (SSSR count). The molecule has 0 unspecified atom stereocenters. The Balaban J connectivity index is 2.01. The fraction of sp³-hybridized carbons (Fsp3) is 0.182. The summed E-state index contributed by atoms with van der Waals surface area (Å²) >= 11 is 0. The maximum atomic E-state index is 8.63. The van der Waals surface area contributed by atoms with Crippen molar-refractivity contribution in [2.75, 3.05) is 0 Å². The van der Waals surface area contributed by atoms with Crippen LogP contribution in [0.15, 0.2) is 65.8 Å². The largest absolute Gasteiger partial charge is 0.0608 e. The van der Waals surface area contributed by atoms with Crippen LogP contribution in [0, 0.1) is 13.8 Å². The summed E-state index contributed by atoms with van der Waals surface area (Å²) in [6, 6.07) is 21.4. The molecule has 3 nitrogen and oxygen atoms in total. The zero-order valence-electron chi connectivity index (χ0n) is 14.6. The van der Waals surface area contributed by atoms with Crippen molar-refractivity contribution in [3.63, 3.8) is 0 Å². The van der Waals surface area contributed by atoms with E-state index in [4.69, 9.17) is 5.53 Å². The molecule has 3 aromatic rings. The molecule has 0 bridgehead atoms. The third-order valence-electron chi connectivity index (χ3n) is 5.32. The van der Waals surface area contributed by atoms with E-state index in [0.717, 1.165) is 0 Å². The lowest BCUT2D eigenvalue weighted by atomic mass is 9.74. The zero-order chi connectivity index (χ0) is 17.6. The normalized spacial score (nSPS) is 13.7. The van der Waals surface area contributed by atoms with Gasteiger partial charge in [0.05, 0.1) is 0 Å². The van der Waals surface area contributed by atoms with E-state index in [2.05, 4.69) is 79.3 Å². The topological polar surface area (TPSA) is 48.8 Å². The minimum Gasteiger partial charge on any atom is -0.0608 e. The van der Waals surface area contributed by atoms with Crippen LogP contribution >= 0.6 is 0 Å². The van der Waals surface area contributed by atoms with Gasteiger partial charge in [0.15, 0.2) is 0 Å². The highest BCUT2D eigenvalue weighted by atomic mass is 15.1. The molecule has 1 aliphatic carbocycles. The van der Waals surface area contributed by atoms with E-state index in [1.807, 2.05) is 12.1 Å². The van der Waals surface area contributed by atoms with Gasteiger partial charge in [-0.05, 0) is 54.1 Å². The van der Waals surface area contributed by atoms with Crippen molar-refractivity contribution in [2.45, 2.75) is 26.2 Å². The van der Waals surface area contributed by atoms with Gasteiger partial charge in [0, 0.05) is 16.0 Å². The van der Waals surface area contributed by atoms with E-state index in [9.17, 15) is 0 Å². The summed E-state index contributed by atoms with van der Waals surface area (Å²) in [5.74, 6) is 0. The molecule has 0 aromatic heterocycles. The monoisotopic (exact) mass is 325 g/mol. The highest BCUT2D eigenvalue weighted by molar-refractivity contribution is 5.83. The van der Waals surface area contributed by atoms with Crippen molar-refractivity contribution in [3.8, 4) is 11.1 Å². The molecule has 3 aromatic carbocycles. The number of benzene rings is 3. The third kappa shape index (κ3) is 2.25. The molecular formula is C22H19N3. The van der Waals surface area contributed by atoms with Gasteiger partial charge in [-0.1, -0.05) is 76.9 Å². The highest BCUT2D eigenvalue weighted by Crippen LogP contribution is 2.52. The van der Waals surface area contributed by atoms with Crippen molar-refractivity contribution in [1.29, 1.82) is 0 Å². The number of aryl methyl sites for hydroxylation is 2. The van der Waals surface area contributed by atoms with E-state index in [1.165, 1.54) is 38.9 Å². The molecule has 0 spiro atoms. The number of hydrogen-bond donors (Lipinski definition) is 0. The van der Waals surface area contributed by atoms with Crippen LogP contribution in [-0.4, -0.2) is 0 Å². The molecule has 0 saturated heterocycles. The van der Waals surface area contributed by atoms with Crippen molar-refractivity contribution >= 4 is 5.69 Å². The van der Waals surface area contributed by atoms with Crippen LogP contribution in [0.1, 0.15) is 34.7 Å². The molecular weight excluding hydrogens is 306 g/mol. The van der Waals surface area contributed by atoms with E-state index >= 15 is 0 Å². The van der Waals surface area contributed by atoms with Crippen LogP contribution < -0.4 is 0 Å². The van der Waals surface area contributed by atoms with Crippen molar-refractivity contribution < 1.29 is 0 Å². The quantitative estimate of drug-likeness (QED) is 0.290. The lowest BCUT2D eigenvalue weighted by molar-refractivity contribution is 0.712. The predicted molar refractivity (Wildman–Crippen MR) is 102 cm³/mol. The van der Waals surface area contributed by atoms with Crippen LogP contribution in [0.4, 0.5) is 5.69 Å². The fourth-order valence-corrected chi connectivity index (χ4v) is 3.98. The van der Waals surface area contributed by atoms with Gasteiger partial charge in [-0.3, -0.25) is 0 Å². The SMILES string of the molecule is Cc1ccc2c(c1)C(C)(c1ccc(N=[N+]=[N-])cc1)c1cc(C)ccc1-2. The maximum Gasteiger partial charge on any atom is 0.0435 e. The van der Waals surface area contributed by atoms with Gasteiger partial charge in [-0.25, -0.2) is 0 Å². The summed E-state index contributed by atoms with van der Waals surface area (Å²) in [7, 11) is 0. The summed E-state index contributed by atoms with van der Waals surface area (Å²) < 4.78 is 0. The van der Waals surface area contributed by atoms with Crippen LogP contribution in [0.25, 0.3) is 21.6 Å². The Bertz CT molecular complexity index is 974. The lowest BCUT2D eigenvalue weighted by Crippen LogP contribution is -2.22. The van der Waals surface area contributed by atoms with Crippen LogP contribution in [0.3, 0.4) is 0 Å². The molecule has 0 atom stereocenters. The Morgan fingerprint density at radius 2 is 1.32 bits per heavy atom. The van der Waals surface area contributed by atoms with Gasteiger partial charge >= 0.3 is 0 Å². The van der Waals surface area contributed by atoms with Crippen LogP contribution in [0.2, 0.25) is 0 Å². The van der Waals surface area contributed by atoms with E-state index in [1.54, 1.807) is 0 Å². The van der Waals surface area contributed by atoms with Crippen molar-refractivity contribution in [1.82, 2.24) is 0 Å². The first-order valence-electron chi connectivity index (χ1n) is 8.42. The molecule has 3 heteroatoms. The first kappa shape index (κ1) is 15.5.